The van der Waals surface area contributed by atoms with Crippen LogP contribution in [0.15, 0.2) is 24.3 Å². The van der Waals surface area contributed by atoms with Crippen molar-refractivity contribution >= 4 is 28.5 Å². The number of urea groups is 1. The van der Waals surface area contributed by atoms with E-state index in [0.717, 1.165) is 87.6 Å². The Balaban J connectivity index is 1.31. The molecule has 0 aliphatic carbocycles. The van der Waals surface area contributed by atoms with Crippen LogP contribution in [0.1, 0.15) is 47.2 Å². The number of benzene rings is 1. The zero-order chi connectivity index (χ0) is 25.8. The number of anilines is 1. The van der Waals surface area contributed by atoms with Crippen LogP contribution in [-0.4, -0.2) is 88.8 Å². The smallest absolute Gasteiger partial charge is 0.344 e. The van der Waals surface area contributed by atoms with Crippen molar-refractivity contribution in [3.8, 4) is 5.88 Å². The Morgan fingerprint density at radius 1 is 1.03 bits per heavy atom. The molecule has 36 heavy (non-hydrogen) atoms. The minimum Gasteiger partial charge on any atom is -0.477 e. The van der Waals surface area contributed by atoms with Crippen LogP contribution >= 0.6 is 11.5 Å². The van der Waals surface area contributed by atoms with Crippen LogP contribution in [0.25, 0.3) is 0 Å². The van der Waals surface area contributed by atoms with Gasteiger partial charge >= 0.3 is 12.0 Å². The first-order chi connectivity index (χ1) is 17.5. The van der Waals surface area contributed by atoms with Gasteiger partial charge in [-0.05, 0) is 43.4 Å². The highest BCUT2D eigenvalue weighted by Gasteiger charge is 2.23. The van der Waals surface area contributed by atoms with Crippen LogP contribution in [0.2, 0.25) is 0 Å². The molecule has 0 bridgehead atoms. The fourth-order valence-electron chi connectivity index (χ4n) is 4.03. The van der Waals surface area contributed by atoms with Gasteiger partial charge in [0.25, 0.3) is 0 Å². The number of carboxylic acids is 1. The number of aliphatic hydroxyl groups excluding tert-OH is 1. The van der Waals surface area contributed by atoms with Gasteiger partial charge in [-0.15, -0.1) is 0 Å². The average molecular weight is 520 g/mol. The number of hydrogen-bond acceptors (Lipinski definition) is 8. The molecular formula is C25H37N5O5S. The first-order valence-corrected chi connectivity index (χ1v) is 13.3. The molecule has 0 atom stereocenters. The summed E-state index contributed by atoms with van der Waals surface area (Å²) in [7, 11) is 0. The lowest BCUT2D eigenvalue weighted by atomic mass is 10.2. The van der Waals surface area contributed by atoms with Crippen LogP contribution in [0.5, 0.6) is 5.88 Å². The number of carboxylic acid groups (broad SMARTS) is 1. The summed E-state index contributed by atoms with van der Waals surface area (Å²) in [5.74, 6) is -1.20. The molecule has 1 aromatic heterocycles. The predicted molar refractivity (Wildman–Crippen MR) is 140 cm³/mol. The third-order valence-electron chi connectivity index (χ3n) is 6.17. The molecule has 0 spiro atoms. The molecule has 0 saturated carbocycles. The molecule has 1 fully saturated rings. The first kappa shape index (κ1) is 27.9. The molecule has 2 amide bonds. The van der Waals surface area contributed by atoms with Crippen molar-refractivity contribution < 1.29 is 24.5 Å². The Bertz CT molecular complexity index is 960. The SMILES string of the molecule is Cc1ccc(COc2nsc(NC(=O)NCCCCCCN3CCN(CCO)CC3)c2C(=O)O)cc1. The Kier molecular flexibility index (Phi) is 11.4. The summed E-state index contributed by atoms with van der Waals surface area (Å²) >= 11 is 0.889. The monoisotopic (exact) mass is 519 g/mol. The van der Waals surface area contributed by atoms with Crippen molar-refractivity contribution in [1.29, 1.82) is 0 Å². The van der Waals surface area contributed by atoms with Crippen LogP contribution in [0.4, 0.5) is 9.80 Å². The minimum absolute atomic E-state index is 0.00168. The molecule has 198 valence electrons. The molecule has 1 saturated heterocycles. The third-order valence-corrected chi connectivity index (χ3v) is 6.91. The van der Waals surface area contributed by atoms with Gasteiger partial charge in [0.1, 0.15) is 11.6 Å². The van der Waals surface area contributed by atoms with Gasteiger partial charge in [0.15, 0.2) is 5.56 Å². The van der Waals surface area contributed by atoms with Crippen molar-refractivity contribution in [3.05, 3.63) is 41.0 Å². The summed E-state index contributed by atoms with van der Waals surface area (Å²) < 4.78 is 9.70. The van der Waals surface area contributed by atoms with Crippen molar-refractivity contribution in [1.82, 2.24) is 19.5 Å². The van der Waals surface area contributed by atoms with E-state index in [2.05, 4.69) is 24.8 Å². The Hall–Kier alpha value is -2.73. The standard InChI is InChI=1S/C25H37N5O5S/c1-19-6-8-20(9-7-19)18-35-22-21(24(32)33)23(36-28-22)27-25(34)26-10-4-2-3-5-11-29-12-14-30(15-13-29)16-17-31/h6-9,31H,2-5,10-18H2,1H3,(H,32,33)(H2,26,27,34). The number of aromatic carboxylic acids is 1. The van der Waals surface area contributed by atoms with Gasteiger partial charge in [0.05, 0.1) is 6.61 Å². The van der Waals surface area contributed by atoms with Crippen LogP contribution in [0.3, 0.4) is 0 Å². The highest BCUT2D eigenvalue weighted by Crippen LogP contribution is 2.31. The topological polar surface area (TPSA) is 127 Å². The van der Waals surface area contributed by atoms with E-state index < -0.39 is 12.0 Å². The normalized spacial score (nSPS) is 14.5. The zero-order valence-electron chi connectivity index (χ0n) is 20.9. The molecular weight excluding hydrogens is 482 g/mol. The number of carbonyl (C=O) groups excluding carboxylic acids is 1. The van der Waals surface area contributed by atoms with Gasteiger partial charge in [-0.1, -0.05) is 42.7 Å². The molecule has 0 unspecified atom stereocenters. The lowest BCUT2D eigenvalue weighted by molar-refractivity contribution is 0.0693. The van der Waals surface area contributed by atoms with Gasteiger partial charge in [-0.2, -0.15) is 4.37 Å². The summed E-state index contributed by atoms with van der Waals surface area (Å²) in [6, 6.07) is 7.29. The van der Waals surface area contributed by atoms with Gasteiger partial charge in [-0.25, -0.2) is 9.59 Å². The van der Waals surface area contributed by atoms with E-state index in [-0.39, 0.29) is 29.7 Å². The second-order valence-electron chi connectivity index (χ2n) is 8.97. The number of amides is 2. The van der Waals surface area contributed by atoms with E-state index in [1.54, 1.807) is 0 Å². The number of piperazine rings is 1. The van der Waals surface area contributed by atoms with Crippen molar-refractivity contribution in [2.24, 2.45) is 0 Å². The fourth-order valence-corrected chi connectivity index (χ4v) is 4.75. The first-order valence-electron chi connectivity index (χ1n) is 12.5. The number of carbonyl (C=O) groups is 2. The van der Waals surface area contributed by atoms with E-state index >= 15 is 0 Å². The van der Waals surface area contributed by atoms with E-state index in [1.165, 1.54) is 0 Å². The number of aryl methyl sites for hydroxylation is 1. The van der Waals surface area contributed by atoms with Gasteiger partial charge < -0.3 is 25.2 Å². The Labute approximate surface area is 216 Å². The molecule has 1 aromatic carbocycles. The van der Waals surface area contributed by atoms with Gasteiger partial charge in [-0.3, -0.25) is 10.2 Å². The number of unbranched alkanes of at least 4 members (excludes halogenated alkanes) is 3. The Morgan fingerprint density at radius 2 is 1.69 bits per heavy atom. The largest absolute Gasteiger partial charge is 0.477 e. The fraction of sp³-hybridized carbons (Fsp3) is 0.560. The van der Waals surface area contributed by atoms with Crippen molar-refractivity contribution in [2.75, 3.05) is 57.7 Å². The molecule has 11 heteroatoms. The van der Waals surface area contributed by atoms with E-state index in [9.17, 15) is 14.7 Å². The molecule has 2 aromatic rings. The molecule has 4 N–H and O–H groups in total. The minimum atomic E-state index is -1.20. The summed E-state index contributed by atoms with van der Waals surface area (Å²) in [4.78, 5) is 28.8. The highest BCUT2D eigenvalue weighted by molar-refractivity contribution is 7.11. The maximum atomic E-state index is 12.3. The molecule has 2 heterocycles. The maximum absolute atomic E-state index is 12.3. The number of nitrogens with one attached hydrogen (secondary N) is 2. The third kappa shape index (κ3) is 9.05. The number of ether oxygens (including phenoxy) is 1. The summed E-state index contributed by atoms with van der Waals surface area (Å²) in [5, 5.41) is 24.2. The number of nitrogens with zero attached hydrogens (tertiary/aromatic N) is 3. The number of β-amino-alcohol motifs (C(OH)–C–C–N with tert-alkyl or cyclic N) is 1. The van der Waals surface area contributed by atoms with Crippen LogP contribution in [-0.2, 0) is 6.61 Å². The van der Waals surface area contributed by atoms with E-state index in [4.69, 9.17) is 9.84 Å². The number of rotatable bonds is 14. The summed E-state index contributed by atoms with van der Waals surface area (Å²) in [6.45, 7) is 8.90. The highest BCUT2D eigenvalue weighted by atomic mass is 32.1. The summed E-state index contributed by atoms with van der Waals surface area (Å²) in [5.41, 5.74) is 1.89. The summed E-state index contributed by atoms with van der Waals surface area (Å²) in [6.07, 6.45) is 4.10. The average Bonchev–Trinajstić information content (AvgIpc) is 3.26. The van der Waals surface area contributed by atoms with Gasteiger partial charge in [0.2, 0.25) is 5.88 Å². The zero-order valence-corrected chi connectivity index (χ0v) is 21.7. The Morgan fingerprint density at radius 3 is 2.36 bits per heavy atom. The second-order valence-corrected chi connectivity index (χ2v) is 9.75. The van der Waals surface area contributed by atoms with Crippen molar-refractivity contribution in [3.63, 3.8) is 0 Å². The quantitative estimate of drug-likeness (QED) is 0.281. The number of aromatic nitrogens is 1. The molecule has 3 rings (SSSR count). The van der Waals surface area contributed by atoms with Crippen LogP contribution in [0, 0.1) is 6.92 Å². The maximum Gasteiger partial charge on any atom is 0.344 e. The molecule has 1 aliphatic heterocycles. The van der Waals surface area contributed by atoms with Crippen molar-refractivity contribution in [2.45, 2.75) is 39.2 Å². The number of hydrogen-bond donors (Lipinski definition) is 4. The lowest BCUT2D eigenvalue weighted by Crippen LogP contribution is -2.47. The predicted octanol–water partition coefficient (Wildman–Crippen LogP) is 3.02. The van der Waals surface area contributed by atoms with Crippen LogP contribution < -0.4 is 15.4 Å². The number of aliphatic hydroxyl groups is 1. The lowest BCUT2D eigenvalue weighted by Gasteiger charge is -2.34. The molecule has 1 aliphatic rings. The molecule has 10 nitrogen and oxygen atoms in total. The van der Waals surface area contributed by atoms with E-state index in [0.29, 0.717) is 6.54 Å². The second kappa shape index (κ2) is 14.7. The molecule has 0 radical (unpaired) electrons. The van der Waals surface area contributed by atoms with Gasteiger partial charge in [0, 0.05) is 39.3 Å². The van der Waals surface area contributed by atoms with E-state index in [1.807, 2.05) is 31.2 Å².